The number of carbonyl (C=O) groups excluding carboxylic acids is 1. The van der Waals surface area contributed by atoms with E-state index in [0.29, 0.717) is 5.56 Å². The minimum absolute atomic E-state index is 0.0748. The van der Waals surface area contributed by atoms with Crippen molar-refractivity contribution in [2.75, 3.05) is 0 Å². The lowest BCUT2D eigenvalue weighted by Crippen LogP contribution is -2.27. The Kier molecular flexibility index (Phi) is 4.52. The fourth-order valence-electron chi connectivity index (χ4n) is 2.28. The third kappa shape index (κ3) is 3.48. The quantitative estimate of drug-likeness (QED) is 0.764. The van der Waals surface area contributed by atoms with Crippen LogP contribution in [0, 0.1) is 0 Å². The van der Waals surface area contributed by atoms with Crippen LogP contribution in [0.4, 0.5) is 0 Å². The van der Waals surface area contributed by atoms with Crippen molar-refractivity contribution in [1.82, 2.24) is 20.1 Å². The fourth-order valence-corrected chi connectivity index (χ4v) is 2.71. The second-order valence-electron chi connectivity index (χ2n) is 5.14. The second-order valence-corrected chi connectivity index (χ2v) is 5.99. The number of nitrogens with zero attached hydrogens (tertiary/aromatic N) is 3. The summed E-state index contributed by atoms with van der Waals surface area (Å²) in [6, 6.07) is 15.3. The molecule has 0 unspecified atom stereocenters. The van der Waals surface area contributed by atoms with Crippen molar-refractivity contribution < 1.29 is 4.79 Å². The molecule has 0 aliphatic rings. The number of amides is 1. The van der Waals surface area contributed by atoms with Gasteiger partial charge in [-0.3, -0.25) is 9.36 Å². The molecule has 0 aliphatic heterocycles. The van der Waals surface area contributed by atoms with Gasteiger partial charge in [0.15, 0.2) is 0 Å². The van der Waals surface area contributed by atoms with Gasteiger partial charge in [0.1, 0.15) is 12.7 Å². The lowest BCUT2D eigenvalue weighted by molar-refractivity contribution is 0.0939. The zero-order chi connectivity index (χ0) is 16.2. The average Bonchev–Trinajstić information content (AvgIpc) is 3.10. The number of aromatic nitrogens is 3. The molecule has 1 heterocycles. The van der Waals surface area contributed by atoms with Crippen molar-refractivity contribution >= 4 is 21.8 Å². The molecule has 0 spiro atoms. The minimum Gasteiger partial charge on any atom is -0.345 e. The number of benzene rings is 2. The zero-order valence-electron chi connectivity index (χ0n) is 12.5. The molecule has 3 aromatic rings. The molecule has 2 aromatic carbocycles. The standard InChI is InChI=1S/C17H15BrN4O/c1-12(13-5-3-2-4-6-13)21-17(23)15-9-14(7-8-16(15)18)22-10-19-20-11-22/h2-12H,1H3,(H,21,23)/t12-/m1/s1. The first kappa shape index (κ1) is 15.4. The van der Waals surface area contributed by atoms with Gasteiger partial charge in [-0.25, -0.2) is 0 Å². The Bertz CT molecular complexity index is 803. The van der Waals surface area contributed by atoms with E-state index in [1.165, 1.54) is 0 Å². The molecular weight excluding hydrogens is 356 g/mol. The minimum atomic E-state index is -0.136. The van der Waals surface area contributed by atoms with E-state index in [0.717, 1.165) is 15.7 Å². The highest BCUT2D eigenvalue weighted by atomic mass is 79.9. The summed E-state index contributed by atoms with van der Waals surface area (Å²) in [4.78, 5) is 12.6. The first-order valence-electron chi connectivity index (χ1n) is 7.15. The van der Waals surface area contributed by atoms with Crippen LogP contribution >= 0.6 is 15.9 Å². The summed E-state index contributed by atoms with van der Waals surface area (Å²) in [5.41, 5.74) is 2.46. The molecule has 0 saturated heterocycles. The van der Waals surface area contributed by atoms with Crippen LogP contribution in [0.1, 0.15) is 28.9 Å². The van der Waals surface area contributed by atoms with Crippen LogP contribution in [0.25, 0.3) is 5.69 Å². The predicted octanol–water partition coefficient (Wildman–Crippen LogP) is 3.52. The molecule has 5 nitrogen and oxygen atoms in total. The average molecular weight is 371 g/mol. The van der Waals surface area contributed by atoms with Crippen LogP contribution in [0.15, 0.2) is 65.7 Å². The van der Waals surface area contributed by atoms with Crippen LogP contribution in [0.2, 0.25) is 0 Å². The third-order valence-corrected chi connectivity index (χ3v) is 4.25. The molecular formula is C17H15BrN4O. The number of hydrogen-bond acceptors (Lipinski definition) is 3. The van der Waals surface area contributed by atoms with Gasteiger partial charge in [-0.05, 0) is 46.6 Å². The summed E-state index contributed by atoms with van der Waals surface area (Å²) in [6.07, 6.45) is 3.19. The highest BCUT2D eigenvalue weighted by Crippen LogP contribution is 2.21. The molecule has 3 rings (SSSR count). The monoisotopic (exact) mass is 370 g/mol. The topological polar surface area (TPSA) is 59.8 Å². The largest absolute Gasteiger partial charge is 0.345 e. The summed E-state index contributed by atoms with van der Waals surface area (Å²) in [7, 11) is 0. The van der Waals surface area contributed by atoms with Gasteiger partial charge in [0.05, 0.1) is 11.6 Å². The lowest BCUT2D eigenvalue weighted by atomic mass is 10.1. The van der Waals surface area contributed by atoms with E-state index in [1.54, 1.807) is 23.3 Å². The molecule has 6 heteroatoms. The Morgan fingerprint density at radius 2 is 1.83 bits per heavy atom. The Labute approximate surface area is 142 Å². The Hall–Kier alpha value is -2.47. The van der Waals surface area contributed by atoms with Crippen molar-refractivity contribution in [2.45, 2.75) is 13.0 Å². The van der Waals surface area contributed by atoms with Crippen LogP contribution < -0.4 is 5.32 Å². The third-order valence-electron chi connectivity index (χ3n) is 3.56. The van der Waals surface area contributed by atoms with Gasteiger partial charge >= 0.3 is 0 Å². The smallest absolute Gasteiger partial charge is 0.252 e. The zero-order valence-corrected chi connectivity index (χ0v) is 14.1. The fraction of sp³-hybridized carbons (Fsp3) is 0.118. The number of carbonyl (C=O) groups is 1. The maximum atomic E-state index is 12.6. The highest BCUT2D eigenvalue weighted by Gasteiger charge is 2.15. The van der Waals surface area contributed by atoms with Gasteiger partial charge in [0.2, 0.25) is 0 Å². The van der Waals surface area contributed by atoms with Gasteiger partial charge in [0.25, 0.3) is 5.91 Å². The van der Waals surface area contributed by atoms with Crippen molar-refractivity contribution in [3.05, 3.63) is 76.8 Å². The van der Waals surface area contributed by atoms with E-state index in [4.69, 9.17) is 0 Å². The molecule has 0 fully saturated rings. The van der Waals surface area contributed by atoms with E-state index in [-0.39, 0.29) is 11.9 Å². The summed E-state index contributed by atoms with van der Waals surface area (Å²) in [6.45, 7) is 1.96. The number of halogens is 1. The second kappa shape index (κ2) is 6.75. The van der Waals surface area contributed by atoms with E-state index < -0.39 is 0 Å². The van der Waals surface area contributed by atoms with Crippen molar-refractivity contribution in [1.29, 1.82) is 0 Å². The Morgan fingerprint density at radius 3 is 2.52 bits per heavy atom. The molecule has 1 N–H and O–H groups in total. The molecule has 1 aromatic heterocycles. The molecule has 0 aliphatic carbocycles. The molecule has 0 saturated carbocycles. The lowest BCUT2D eigenvalue weighted by Gasteiger charge is -2.15. The molecule has 1 atom stereocenters. The van der Waals surface area contributed by atoms with E-state index >= 15 is 0 Å². The Morgan fingerprint density at radius 1 is 1.13 bits per heavy atom. The molecule has 116 valence electrons. The maximum absolute atomic E-state index is 12.6. The normalized spacial score (nSPS) is 11.9. The van der Waals surface area contributed by atoms with E-state index in [9.17, 15) is 4.79 Å². The van der Waals surface area contributed by atoms with Crippen LogP contribution in [0.3, 0.4) is 0 Å². The summed E-state index contributed by atoms with van der Waals surface area (Å²) in [5.74, 6) is -0.136. The van der Waals surface area contributed by atoms with Crippen LogP contribution in [-0.2, 0) is 0 Å². The summed E-state index contributed by atoms with van der Waals surface area (Å²) >= 11 is 3.44. The number of rotatable bonds is 4. The highest BCUT2D eigenvalue weighted by molar-refractivity contribution is 9.10. The summed E-state index contributed by atoms with van der Waals surface area (Å²) in [5, 5.41) is 10.6. The number of nitrogens with one attached hydrogen (secondary N) is 1. The summed E-state index contributed by atoms with van der Waals surface area (Å²) < 4.78 is 2.50. The van der Waals surface area contributed by atoms with E-state index in [1.807, 2.05) is 49.4 Å². The van der Waals surface area contributed by atoms with Crippen molar-refractivity contribution in [3.8, 4) is 5.69 Å². The van der Waals surface area contributed by atoms with Crippen LogP contribution in [0.5, 0.6) is 0 Å². The molecule has 0 radical (unpaired) electrons. The van der Waals surface area contributed by atoms with Gasteiger partial charge in [-0.15, -0.1) is 10.2 Å². The van der Waals surface area contributed by atoms with Gasteiger partial charge in [-0.2, -0.15) is 0 Å². The SMILES string of the molecule is C[C@@H](NC(=O)c1cc(-n2cnnc2)ccc1Br)c1ccccc1. The maximum Gasteiger partial charge on any atom is 0.252 e. The van der Waals surface area contributed by atoms with Gasteiger partial charge in [-0.1, -0.05) is 30.3 Å². The first-order valence-corrected chi connectivity index (χ1v) is 7.95. The van der Waals surface area contributed by atoms with Crippen molar-refractivity contribution in [3.63, 3.8) is 0 Å². The van der Waals surface area contributed by atoms with Crippen LogP contribution in [-0.4, -0.2) is 20.7 Å². The first-order chi connectivity index (χ1) is 11.1. The van der Waals surface area contributed by atoms with Gasteiger partial charge < -0.3 is 5.32 Å². The van der Waals surface area contributed by atoms with E-state index in [2.05, 4.69) is 31.4 Å². The number of hydrogen-bond donors (Lipinski definition) is 1. The predicted molar refractivity (Wildman–Crippen MR) is 91.4 cm³/mol. The van der Waals surface area contributed by atoms with Gasteiger partial charge in [0, 0.05) is 10.2 Å². The molecule has 23 heavy (non-hydrogen) atoms. The molecule has 0 bridgehead atoms. The molecule has 1 amide bonds. The Balaban J connectivity index is 1.83. The van der Waals surface area contributed by atoms with Crippen molar-refractivity contribution in [2.24, 2.45) is 0 Å².